The van der Waals surface area contributed by atoms with Gasteiger partial charge in [-0.25, -0.2) is 8.42 Å². The maximum absolute atomic E-state index is 12.9. The molecule has 2 aromatic rings. The number of benzene rings is 2. The maximum atomic E-state index is 12.9. The van der Waals surface area contributed by atoms with Crippen molar-refractivity contribution < 1.29 is 17.9 Å². The zero-order valence-electron chi connectivity index (χ0n) is 16.7. The summed E-state index contributed by atoms with van der Waals surface area (Å²) in [4.78, 5) is 14.5. The lowest BCUT2D eigenvalue weighted by Gasteiger charge is -2.32. The second-order valence-electron chi connectivity index (χ2n) is 7.00. The van der Waals surface area contributed by atoms with Crippen molar-refractivity contribution in [2.45, 2.75) is 12.8 Å². The van der Waals surface area contributed by atoms with Gasteiger partial charge in [0.2, 0.25) is 15.9 Å². The van der Waals surface area contributed by atoms with Gasteiger partial charge in [0.15, 0.2) is 0 Å². The Hall–Kier alpha value is -2.64. The van der Waals surface area contributed by atoms with Crippen molar-refractivity contribution in [2.75, 3.05) is 32.1 Å². The van der Waals surface area contributed by atoms with Gasteiger partial charge in [-0.3, -0.25) is 4.79 Å². The topological polar surface area (TPSA) is 66.9 Å². The average Bonchev–Trinajstić information content (AvgIpc) is 2.77. The fourth-order valence-electron chi connectivity index (χ4n) is 3.47. The van der Waals surface area contributed by atoms with Gasteiger partial charge >= 0.3 is 0 Å². The largest absolute Gasteiger partial charge is 0.495 e. The van der Waals surface area contributed by atoms with Crippen molar-refractivity contribution in [3.63, 3.8) is 0 Å². The first kappa shape index (κ1) is 21.1. The smallest absolute Gasteiger partial charge is 0.236 e. The van der Waals surface area contributed by atoms with Crippen molar-refractivity contribution >= 4 is 27.7 Å². The minimum atomic E-state index is -3.51. The number of hydrogen-bond donors (Lipinski definition) is 0. The molecule has 1 amide bonds. The van der Waals surface area contributed by atoms with Crippen LogP contribution >= 0.6 is 0 Å². The van der Waals surface area contributed by atoms with E-state index in [4.69, 9.17) is 4.74 Å². The molecule has 0 radical (unpaired) electrons. The molecular weight excluding hydrogens is 388 g/mol. The number of ether oxygens (including phenoxy) is 1. The standard InChI is InChI=1S/C22H26N2O4S/c1-23(20-10-6-7-11-21(20)28-2)22(25)19-12-15-24(16-13-19)29(26,27)17-14-18-8-4-3-5-9-18/h3-11,14,17,19H,12-13,15-16H2,1-2H3. The highest BCUT2D eigenvalue weighted by molar-refractivity contribution is 7.92. The second kappa shape index (κ2) is 9.24. The van der Waals surface area contributed by atoms with Crippen molar-refractivity contribution in [3.8, 4) is 5.75 Å². The molecule has 3 rings (SSSR count). The molecule has 154 valence electrons. The third-order valence-electron chi connectivity index (χ3n) is 5.17. The van der Waals surface area contributed by atoms with Crippen LogP contribution in [-0.4, -0.2) is 45.9 Å². The molecule has 1 heterocycles. The summed E-state index contributed by atoms with van der Waals surface area (Å²) in [6, 6.07) is 16.7. The van der Waals surface area contributed by atoms with E-state index < -0.39 is 10.0 Å². The second-order valence-corrected chi connectivity index (χ2v) is 8.82. The third-order valence-corrected chi connectivity index (χ3v) is 6.74. The van der Waals surface area contributed by atoms with E-state index in [9.17, 15) is 13.2 Å². The van der Waals surface area contributed by atoms with Gasteiger partial charge in [-0.1, -0.05) is 42.5 Å². The molecular formula is C22H26N2O4S. The first-order chi connectivity index (χ1) is 13.9. The summed E-state index contributed by atoms with van der Waals surface area (Å²) in [5, 5.41) is 1.24. The van der Waals surface area contributed by atoms with Gasteiger partial charge in [0.05, 0.1) is 12.8 Å². The first-order valence-electron chi connectivity index (χ1n) is 9.56. The molecule has 2 aromatic carbocycles. The van der Waals surface area contributed by atoms with Gasteiger partial charge in [-0.05, 0) is 36.6 Å². The van der Waals surface area contributed by atoms with E-state index in [0.29, 0.717) is 37.4 Å². The van der Waals surface area contributed by atoms with Crippen molar-refractivity contribution in [2.24, 2.45) is 5.92 Å². The van der Waals surface area contributed by atoms with Gasteiger partial charge < -0.3 is 9.64 Å². The van der Waals surface area contributed by atoms with Crippen LogP contribution in [0, 0.1) is 5.92 Å². The molecule has 7 heteroatoms. The van der Waals surface area contributed by atoms with Gasteiger partial charge in [0.1, 0.15) is 5.75 Å². The summed E-state index contributed by atoms with van der Waals surface area (Å²) in [6.45, 7) is 0.662. The molecule has 0 aliphatic carbocycles. The van der Waals surface area contributed by atoms with Crippen molar-refractivity contribution in [1.29, 1.82) is 0 Å². The highest BCUT2D eigenvalue weighted by atomic mass is 32.2. The molecule has 6 nitrogen and oxygen atoms in total. The van der Waals surface area contributed by atoms with Crippen LogP contribution in [0.2, 0.25) is 0 Å². The van der Waals surface area contributed by atoms with Crippen molar-refractivity contribution in [3.05, 3.63) is 65.6 Å². The van der Waals surface area contributed by atoms with Crippen LogP contribution in [0.5, 0.6) is 5.75 Å². The van der Waals surface area contributed by atoms with E-state index in [-0.39, 0.29) is 11.8 Å². The first-order valence-corrected chi connectivity index (χ1v) is 11.1. The van der Waals surface area contributed by atoms with Crippen LogP contribution in [0.15, 0.2) is 60.0 Å². The minimum Gasteiger partial charge on any atom is -0.495 e. The minimum absolute atomic E-state index is 0.0219. The van der Waals surface area contributed by atoms with E-state index in [1.54, 1.807) is 25.1 Å². The SMILES string of the molecule is COc1ccccc1N(C)C(=O)C1CCN(S(=O)(=O)C=Cc2ccccc2)CC1. The normalized spacial score (nSPS) is 16.1. The van der Waals surface area contributed by atoms with Crippen LogP contribution in [0.1, 0.15) is 18.4 Å². The quantitative estimate of drug-likeness (QED) is 0.727. The lowest BCUT2D eigenvalue weighted by Crippen LogP contribution is -2.43. The Kier molecular flexibility index (Phi) is 6.71. The maximum Gasteiger partial charge on any atom is 0.236 e. The third kappa shape index (κ3) is 5.05. The van der Waals surface area contributed by atoms with E-state index in [1.165, 1.54) is 9.71 Å². The van der Waals surface area contributed by atoms with Gasteiger partial charge in [-0.2, -0.15) is 4.31 Å². The zero-order chi connectivity index (χ0) is 20.9. The van der Waals surface area contributed by atoms with Crippen LogP contribution < -0.4 is 9.64 Å². The molecule has 0 unspecified atom stereocenters. The highest BCUT2D eigenvalue weighted by Gasteiger charge is 2.32. The lowest BCUT2D eigenvalue weighted by atomic mass is 9.96. The monoisotopic (exact) mass is 414 g/mol. The fraction of sp³-hybridized carbons (Fsp3) is 0.318. The van der Waals surface area contributed by atoms with Crippen LogP contribution in [0.4, 0.5) is 5.69 Å². The summed E-state index contributed by atoms with van der Waals surface area (Å²) >= 11 is 0. The summed E-state index contributed by atoms with van der Waals surface area (Å²) in [5.74, 6) is 0.398. The van der Waals surface area contributed by atoms with E-state index in [1.807, 2.05) is 54.6 Å². The fourth-order valence-corrected chi connectivity index (χ4v) is 4.69. The van der Waals surface area contributed by atoms with Crippen LogP contribution in [0.3, 0.4) is 0 Å². The van der Waals surface area contributed by atoms with Crippen LogP contribution in [-0.2, 0) is 14.8 Å². The number of hydrogen-bond acceptors (Lipinski definition) is 4. The predicted octanol–water partition coefficient (Wildman–Crippen LogP) is 3.37. The van der Waals surface area contributed by atoms with Gasteiger partial charge in [0.25, 0.3) is 0 Å². The van der Waals surface area contributed by atoms with E-state index in [2.05, 4.69) is 0 Å². The number of carbonyl (C=O) groups is 1. The average molecular weight is 415 g/mol. The number of nitrogens with zero attached hydrogens (tertiary/aromatic N) is 2. The van der Waals surface area contributed by atoms with E-state index in [0.717, 1.165) is 5.56 Å². The van der Waals surface area contributed by atoms with Crippen LogP contribution in [0.25, 0.3) is 6.08 Å². The molecule has 29 heavy (non-hydrogen) atoms. The summed E-state index contributed by atoms with van der Waals surface area (Å²) in [6.07, 6.45) is 2.59. The van der Waals surface area contributed by atoms with Gasteiger partial charge in [0, 0.05) is 31.5 Å². The number of methoxy groups -OCH3 is 1. The molecule has 0 saturated carbocycles. The van der Waals surface area contributed by atoms with Crippen molar-refractivity contribution in [1.82, 2.24) is 4.31 Å². The predicted molar refractivity (Wildman–Crippen MR) is 115 cm³/mol. The Balaban J connectivity index is 1.62. The molecule has 1 fully saturated rings. The molecule has 0 N–H and O–H groups in total. The summed E-state index contributed by atoms with van der Waals surface area (Å²) in [7, 11) is -0.205. The lowest BCUT2D eigenvalue weighted by molar-refractivity contribution is -0.123. The molecule has 1 saturated heterocycles. The Morgan fingerprint density at radius 2 is 1.69 bits per heavy atom. The number of para-hydroxylation sites is 2. The number of anilines is 1. The molecule has 0 spiro atoms. The number of rotatable bonds is 6. The summed E-state index contributed by atoms with van der Waals surface area (Å²) in [5.41, 5.74) is 1.54. The molecule has 0 aromatic heterocycles. The molecule has 0 bridgehead atoms. The Morgan fingerprint density at radius 1 is 1.07 bits per heavy atom. The zero-order valence-corrected chi connectivity index (χ0v) is 17.5. The number of carbonyl (C=O) groups excluding carboxylic acids is 1. The number of piperidine rings is 1. The molecule has 0 atom stereocenters. The number of amides is 1. The van der Waals surface area contributed by atoms with Gasteiger partial charge in [-0.15, -0.1) is 0 Å². The summed E-state index contributed by atoms with van der Waals surface area (Å²) < 4.78 is 32.0. The molecule has 1 aliphatic rings. The Morgan fingerprint density at radius 3 is 2.34 bits per heavy atom. The Bertz CT molecular complexity index is 965. The Labute approximate surface area is 172 Å². The molecule has 1 aliphatic heterocycles. The highest BCUT2D eigenvalue weighted by Crippen LogP contribution is 2.30. The number of sulfonamides is 1. The van der Waals surface area contributed by atoms with E-state index >= 15 is 0 Å².